The molecule has 1 unspecified atom stereocenters. The molecule has 1 aliphatic heterocycles. The molecule has 0 aromatic carbocycles. The van der Waals surface area contributed by atoms with Crippen LogP contribution < -0.4 is 0 Å². The van der Waals surface area contributed by atoms with Crippen molar-refractivity contribution in [3.8, 4) is 0 Å². The Morgan fingerprint density at radius 3 is 2.47 bits per heavy atom. The van der Waals surface area contributed by atoms with Crippen LogP contribution in [0.3, 0.4) is 0 Å². The van der Waals surface area contributed by atoms with Crippen LogP contribution in [0.25, 0.3) is 0 Å². The van der Waals surface area contributed by atoms with E-state index >= 15 is 0 Å². The third-order valence-electron chi connectivity index (χ3n) is 3.18. The summed E-state index contributed by atoms with van der Waals surface area (Å²) in [4.78, 5) is 23.0. The molecule has 0 N–H and O–H groups in total. The molecule has 0 saturated carbocycles. The van der Waals surface area contributed by atoms with Gasteiger partial charge in [0.05, 0.1) is 11.1 Å². The first-order chi connectivity index (χ1) is 7.06. The van der Waals surface area contributed by atoms with Crippen LogP contribution >= 0.6 is 0 Å². The highest BCUT2D eigenvalue weighted by Crippen LogP contribution is 2.39. The molecule has 1 fully saturated rings. The predicted octanol–water partition coefficient (Wildman–Crippen LogP) is 2.13. The Morgan fingerprint density at radius 1 is 1.27 bits per heavy atom. The third kappa shape index (κ3) is 1.34. The van der Waals surface area contributed by atoms with Crippen molar-refractivity contribution >= 4 is 11.9 Å². The van der Waals surface area contributed by atoms with Gasteiger partial charge in [-0.2, -0.15) is 0 Å². The first-order valence-electron chi connectivity index (χ1n) is 5.25. The largest absolute Gasteiger partial charge is 0.386 e. The molecule has 3 heteroatoms. The van der Waals surface area contributed by atoms with E-state index in [1.807, 2.05) is 13.8 Å². The van der Waals surface area contributed by atoms with E-state index in [0.29, 0.717) is 17.1 Å². The summed E-state index contributed by atoms with van der Waals surface area (Å²) in [6.45, 7) is 5.99. The summed E-state index contributed by atoms with van der Waals surface area (Å²) in [5.41, 5.74) is 3.10. The molecule has 1 heterocycles. The second-order valence-corrected chi connectivity index (χ2v) is 4.19. The lowest BCUT2D eigenvalue weighted by atomic mass is 9.80. The van der Waals surface area contributed by atoms with Crippen molar-refractivity contribution in [3.05, 3.63) is 22.3 Å². The highest BCUT2D eigenvalue weighted by Gasteiger charge is 2.40. The van der Waals surface area contributed by atoms with Gasteiger partial charge in [-0.3, -0.25) is 0 Å². The number of hydrogen-bond donors (Lipinski definition) is 0. The highest BCUT2D eigenvalue weighted by molar-refractivity contribution is 6.19. The molecule has 1 aliphatic carbocycles. The van der Waals surface area contributed by atoms with Crippen molar-refractivity contribution in [2.45, 2.75) is 33.6 Å². The van der Waals surface area contributed by atoms with Gasteiger partial charge in [-0.25, -0.2) is 9.59 Å². The van der Waals surface area contributed by atoms with E-state index in [1.165, 1.54) is 0 Å². The smallest absolute Gasteiger partial charge is 0.346 e. The van der Waals surface area contributed by atoms with Gasteiger partial charge in [-0.15, -0.1) is 0 Å². The van der Waals surface area contributed by atoms with Crippen LogP contribution in [0.4, 0.5) is 0 Å². The van der Waals surface area contributed by atoms with Gasteiger partial charge in [0.1, 0.15) is 0 Å². The molecule has 2 aliphatic rings. The molecule has 0 aromatic rings. The molecule has 2 rings (SSSR count). The molecule has 1 saturated heterocycles. The lowest BCUT2D eigenvalue weighted by molar-refractivity contribution is -0.149. The van der Waals surface area contributed by atoms with Gasteiger partial charge in [-0.05, 0) is 25.7 Å². The Bertz CT molecular complexity index is 413. The maximum absolute atomic E-state index is 11.5. The average molecular weight is 206 g/mol. The van der Waals surface area contributed by atoms with Crippen LogP contribution in [0.1, 0.15) is 33.6 Å². The number of carbonyl (C=O) groups excluding carboxylic acids is 2. The Labute approximate surface area is 88.8 Å². The first kappa shape index (κ1) is 10.1. The summed E-state index contributed by atoms with van der Waals surface area (Å²) >= 11 is 0. The maximum atomic E-state index is 11.5. The standard InChI is InChI=1S/C12H14O3/c1-4-8-6(2)5-7(3)9-10(8)12(14)15-11(9)13/h6H,4-5H2,1-3H3. The molecule has 0 amide bonds. The monoisotopic (exact) mass is 206 g/mol. The molecule has 15 heavy (non-hydrogen) atoms. The second kappa shape index (κ2) is 3.33. The van der Waals surface area contributed by atoms with Gasteiger partial charge in [-0.1, -0.05) is 25.0 Å². The maximum Gasteiger partial charge on any atom is 0.346 e. The quantitative estimate of drug-likeness (QED) is 0.487. The zero-order chi connectivity index (χ0) is 11.2. The van der Waals surface area contributed by atoms with Crippen LogP contribution in [0.15, 0.2) is 22.3 Å². The Kier molecular flexibility index (Phi) is 2.25. The second-order valence-electron chi connectivity index (χ2n) is 4.19. The molecule has 3 nitrogen and oxygen atoms in total. The van der Waals surface area contributed by atoms with E-state index < -0.39 is 11.9 Å². The van der Waals surface area contributed by atoms with Crippen LogP contribution in [-0.4, -0.2) is 11.9 Å². The van der Waals surface area contributed by atoms with Crippen molar-refractivity contribution in [2.75, 3.05) is 0 Å². The van der Waals surface area contributed by atoms with Gasteiger partial charge < -0.3 is 4.74 Å². The Balaban J connectivity index is 2.64. The Hall–Kier alpha value is -1.38. The number of fused-ring (bicyclic) bond motifs is 1. The predicted molar refractivity (Wildman–Crippen MR) is 54.9 cm³/mol. The zero-order valence-electron chi connectivity index (χ0n) is 9.22. The van der Waals surface area contributed by atoms with Gasteiger partial charge in [0, 0.05) is 0 Å². The van der Waals surface area contributed by atoms with E-state index in [2.05, 4.69) is 11.7 Å². The topological polar surface area (TPSA) is 43.4 Å². The summed E-state index contributed by atoms with van der Waals surface area (Å²) in [7, 11) is 0. The number of cyclic esters (lactones) is 2. The summed E-state index contributed by atoms with van der Waals surface area (Å²) in [5, 5.41) is 0. The molecule has 0 radical (unpaired) electrons. The van der Waals surface area contributed by atoms with E-state index in [4.69, 9.17) is 0 Å². The first-order valence-corrected chi connectivity index (χ1v) is 5.25. The third-order valence-corrected chi connectivity index (χ3v) is 3.18. The van der Waals surface area contributed by atoms with Crippen LogP contribution in [0.2, 0.25) is 0 Å². The van der Waals surface area contributed by atoms with Crippen molar-refractivity contribution in [3.63, 3.8) is 0 Å². The molecule has 0 bridgehead atoms. The fourth-order valence-electron chi connectivity index (χ4n) is 2.53. The lowest BCUT2D eigenvalue weighted by Gasteiger charge is -2.22. The molecule has 1 atom stereocenters. The summed E-state index contributed by atoms with van der Waals surface area (Å²) in [6.07, 6.45) is 1.65. The minimum atomic E-state index is -0.467. The van der Waals surface area contributed by atoms with E-state index in [0.717, 1.165) is 24.0 Å². The summed E-state index contributed by atoms with van der Waals surface area (Å²) in [6, 6.07) is 0. The normalized spacial score (nSPS) is 25.9. The number of rotatable bonds is 1. The zero-order valence-corrected chi connectivity index (χ0v) is 9.22. The van der Waals surface area contributed by atoms with Crippen LogP contribution in [-0.2, 0) is 14.3 Å². The number of carbonyl (C=O) groups is 2. The van der Waals surface area contributed by atoms with Crippen LogP contribution in [0.5, 0.6) is 0 Å². The number of ether oxygens (including phenoxy) is 1. The fraction of sp³-hybridized carbons (Fsp3) is 0.500. The minimum absolute atomic E-state index is 0.340. The molecule has 0 spiro atoms. The van der Waals surface area contributed by atoms with Gasteiger partial charge >= 0.3 is 11.9 Å². The average Bonchev–Trinajstić information content (AvgIpc) is 2.43. The van der Waals surface area contributed by atoms with E-state index in [-0.39, 0.29) is 0 Å². The fourth-order valence-corrected chi connectivity index (χ4v) is 2.53. The molecular formula is C12H14O3. The molecule has 80 valence electrons. The number of allylic oxidation sites excluding steroid dienone is 2. The number of esters is 2. The van der Waals surface area contributed by atoms with Crippen molar-refractivity contribution in [2.24, 2.45) is 5.92 Å². The Morgan fingerprint density at radius 2 is 1.87 bits per heavy atom. The van der Waals surface area contributed by atoms with Gasteiger partial charge in [0.2, 0.25) is 0 Å². The SMILES string of the molecule is CCC1=C2C(=O)OC(=O)C2=C(C)CC1C. The van der Waals surface area contributed by atoms with Gasteiger partial charge in [0.15, 0.2) is 0 Å². The van der Waals surface area contributed by atoms with Gasteiger partial charge in [0.25, 0.3) is 0 Å². The highest BCUT2D eigenvalue weighted by atomic mass is 16.6. The van der Waals surface area contributed by atoms with Crippen molar-refractivity contribution in [1.82, 2.24) is 0 Å². The van der Waals surface area contributed by atoms with Crippen molar-refractivity contribution in [1.29, 1.82) is 0 Å². The summed E-state index contributed by atoms with van der Waals surface area (Å²) < 4.78 is 4.67. The number of hydrogen-bond acceptors (Lipinski definition) is 3. The lowest BCUT2D eigenvalue weighted by Crippen LogP contribution is -2.14. The molecule has 0 aromatic heterocycles. The minimum Gasteiger partial charge on any atom is -0.386 e. The van der Waals surface area contributed by atoms with Crippen LogP contribution in [0, 0.1) is 5.92 Å². The van der Waals surface area contributed by atoms with E-state index in [9.17, 15) is 9.59 Å². The summed E-state index contributed by atoms with van der Waals surface area (Å²) in [5.74, 6) is -0.588. The van der Waals surface area contributed by atoms with E-state index in [1.54, 1.807) is 0 Å². The van der Waals surface area contributed by atoms with Crippen molar-refractivity contribution < 1.29 is 14.3 Å². The molecular weight excluding hydrogens is 192 g/mol.